The fourth-order valence-electron chi connectivity index (χ4n) is 2.64. The van der Waals surface area contributed by atoms with Gasteiger partial charge in [0.15, 0.2) is 11.0 Å². The molecule has 0 radical (unpaired) electrons. The Morgan fingerprint density at radius 1 is 1.26 bits per heavy atom. The summed E-state index contributed by atoms with van der Waals surface area (Å²) in [7, 11) is 1.94. The van der Waals surface area contributed by atoms with Crippen molar-refractivity contribution in [2.45, 2.75) is 31.3 Å². The van der Waals surface area contributed by atoms with Gasteiger partial charge in [-0.05, 0) is 24.0 Å². The van der Waals surface area contributed by atoms with Gasteiger partial charge in [0, 0.05) is 29.4 Å². The van der Waals surface area contributed by atoms with Crippen molar-refractivity contribution in [2.24, 2.45) is 7.05 Å². The van der Waals surface area contributed by atoms with E-state index in [-0.39, 0.29) is 5.91 Å². The first-order valence-corrected chi connectivity index (χ1v) is 10.8. The largest absolute Gasteiger partial charge is 0.355 e. The molecule has 0 fully saturated rings. The molecule has 0 bridgehead atoms. The minimum Gasteiger partial charge on any atom is -0.355 e. The molecule has 0 aliphatic carbocycles. The molecule has 0 spiro atoms. The van der Waals surface area contributed by atoms with Crippen LogP contribution in [0.4, 0.5) is 0 Å². The molecule has 0 saturated carbocycles. The molecule has 5 nitrogen and oxygen atoms in total. The Hall–Kier alpha value is -2.12. The Bertz CT molecular complexity index is 887. The van der Waals surface area contributed by atoms with Crippen molar-refractivity contribution < 1.29 is 4.79 Å². The molecule has 1 aromatic carbocycles. The monoisotopic (exact) mass is 400 g/mol. The van der Waals surface area contributed by atoms with Crippen molar-refractivity contribution in [1.82, 2.24) is 20.1 Å². The Morgan fingerprint density at radius 2 is 2.04 bits per heavy atom. The van der Waals surface area contributed by atoms with Crippen LogP contribution in [0.3, 0.4) is 0 Å². The van der Waals surface area contributed by atoms with Crippen molar-refractivity contribution in [1.29, 1.82) is 0 Å². The summed E-state index contributed by atoms with van der Waals surface area (Å²) in [6.07, 6.45) is 0.835. The second-order valence-corrected chi connectivity index (χ2v) is 8.52. The summed E-state index contributed by atoms with van der Waals surface area (Å²) < 4.78 is 1.95. The number of aromatic nitrogens is 3. The summed E-state index contributed by atoms with van der Waals surface area (Å²) in [5.74, 6) is 1.69. The third-order valence-corrected chi connectivity index (χ3v) is 6.45. The molecule has 1 amide bonds. The molecule has 142 valence electrons. The number of hydrogen-bond donors (Lipinski definition) is 1. The normalized spacial score (nSPS) is 11.1. The topological polar surface area (TPSA) is 59.8 Å². The molecule has 0 unspecified atom stereocenters. The van der Waals surface area contributed by atoms with Gasteiger partial charge < -0.3 is 9.88 Å². The number of nitrogens with one attached hydrogen (secondary N) is 1. The number of amides is 1. The molecule has 0 saturated heterocycles. The molecular formula is C20H24N4OS2. The Balaban J connectivity index is 1.51. The number of carbonyl (C=O) groups is 1. The lowest BCUT2D eigenvalue weighted by atomic mass is 10.1. The molecule has 0 atom stereocenters. The van der Waals surface area contributed by atoms with Crippen molar-refractivity contribution in [3.05, 3.63) is 52.2 Å². The maximum Gasteiger partial charge on any atom is 0.230 e. The fraction of sp³-hybridized carbons (Fsp3) is 0.350. The van der Waals surface area contributed by atoms with Gasteiger partial charge in [-0.1, -0.05) is 55.9 Å². The Kier molecular flexibility index (Phi) is 6.68. The Morgan fingerprint density at radius 3 is 2.74 bits per heavy atom. The lowest BCUT2D eigenvalue weighted by molar-refractivity contribution is -0.118. The molecule has 2 heterocycles. The first-order valence-electron chi connectivity index (χ1n) is 8.96. The van der Waals surface area contributed by atoms with Gasteiger partial charge in [0.2, 0.25) is 5.91 Å². The average Bonchev–Trinajstić information content (AvgIpc) is 3.28. The molecule has 27 heavy (non-hydrogen) atoms. The van der Waals surface area contributed by atoms with E-state index >= 15 is 0 Å². The highest BCUT2D eigenvalue weighted by Gasteiger charge is 2.15. The number of hydrogen-bond acceptors (Lipinski definition) is 5. The van der Waals surface area contributed by atoms with Gasteiger partial charge in [0.25, 0.3) is 0 Å². The summed E-state index contributed by atoms with van der Waals surface area (Å²) in [6, 6.07) is 12.3. The van der Waals surface area contributed by atoms with Crippen LogP contribution in [0.2, 0.25) is 0 Å². The van der Waals surface area contributed by atoms with Gasteiger partial charge in [0.1, 0.15) is 0 Å². The van der Waals surface area contributed by atoms with Crippen LogP contribution >= 0.6 is 23.1 Å². The average molecular weight is 401 g/mol. The second kappa shape index (κ2) is 9.19. The number of carbonyl (C=O) groups excluding carboxylic acids is 1. The van der Waals surface area contributed by atoms with E-state index in [0.717, 1.165) is 23.0 Å². The van der Waals surface area contributed by atoms with Gasteiger partial charge in [-0.3, -0.25) is 4.79 Å². The number of thiophene rings is 1. The lowest BCUT2D eigenvalue weighted by Gasteiger charge is -2.05. The predicted octanol–water partition coefficient (Wildman–Crippen LogP) is 4.12. The highest BCUT2D eigenvalue weighted by molar-refractivity contribution is 7.99. The zero-order valence-electron chi connectivity index (χ0n) is 15.8. The van der Waals surface area contributed by atoms with E-state index in [1.165, 1.54) is 22.2 Å². The van der Waals surface area contributed by atoms with Gasteiger partial charge >= 0.3 is 0 Å². The first kappa shape index (κ1) is 19.6. The molecular weight excluding hydrogens is 376 g/mol. The highest BCUT2D eigenvalue weighted by atomic mass is 32.2. The molecule has 2 aromatic heterocycles. The van der Waals surface area contributed by atoms with Crippen LogP contribution in [0.15, 0.2) is 46.9 Å². The quantitative estimate of drug-likeness (QED) is 0.578. The van der Waals surface area contributed by atoms with E-state index in [2.05, 4.69) is 52.9 Å². The molecule has 1 N–H and O–H groups in total. The molecule has 0 aliphatic heterocycles. The van der Waals surface area contributed by atoms with E-state index in [4.69, 9.17) is 0 Å². The zero-order valence-corrected chi connectivity index (χ0v) is 17.4. The van der Waals surface area contributed by atoms with Crippen LogP contribution < -0.4 is 5.32 Å². The predicted molar refractivity (Wildman–Crippen MR) is 112 cm³/mol. The number of rotatable bonds is 8. The van der Waals surface area contributed by atoms with E-state index < -0.39 is 0 Å². The fourth-order valence-corrected chi connectivity index (χ4v) is 4.28. The zero-order chi connectivity index (χ0) is 19.2. The minimum atomic E-state index is 0.0121. The van der Waals surface area contributed by atoms with Crippen LogP contribution in [-0.2, 0) is 18.3 Å². The van der Waals surface area contributed by atoms with Gasteiger partial charge in [-0.15, -0.1) is 21.5 Å². The van der Waals surface area contributed by atoms with E-state index in [9.17, 15) is 4.79 Å². The van der Waals surface area contributed by atoms with E-state index in [0.29, 0.717) is 18.2 Å². The van der Waals surface area contributed by atoms with Gasteiger partial charge in [-0.25, -0.2) is 0 Å². The van der Waals surface area contributed by atoms with Gasteiger partial charge in [0.05, 0.1) is 5.75 Å². The Labute approximate surface area is 168 Å². The van der Waals surface area contributed by atoms with Crippen molar-refractivity contribution in [2.75, 3.05) is 12.3 Å². The molecule has 0 aliphatic rings. The maximum absolute atomic E-state index is 12.1. The van der Waals surface area contributed by atoms with Gasteiger partial charge in [-0.2, -0.15) is 0 Å². The second-order valence-electron chi connectivity index (χ2n) is 6.63. The summed E-state index contributed by atoms with van der Waals surface area (Å²) in [5.41, 5.74) is 2.30. The summed E-state index contributed by atoms with van der Waals surface area (Å²) in [6.45, 7) is 5.01. The SMILES string of the molecule is CC(C)c1cc(-c2nnc(SCC(=O)NCCc3ccccc3)n2C)cs1. The lowest BCUT2D eigenvalue weighted by Crippen LogP contribution is -2.27. The molecule has 3 rings (SSSR count). The smallest absolute Gasteiger partial charge is 0.230 e. The van der Waals surface area contributed by atoms with Crippen LogP contribution in [-0.4, -0.2) is 33.0 Å². The molecule has 3 aromatic rings. The van der Waals surface area contributed by atoms with Crippen LogP contribution in [0, 0.1) is 0 Å². The van der Waals surface area contributed by atoms with Crippen molar-refractivity contribution >= 4 is 29.0 Å². The summed E-state index contributed by atoms with van der Waals surface area (Å²) >= 11 is 3.15. The van der Waals surface area contributed by atoms with Crippen molar-refractivity contribution in [3.63, 3.8) is 0 Å². The van der Waals surface area contributed by atoms with Crippen LogP contribution in [0.5, 0.6) is 0 Å². The summed E-state index contributed by atoms with van der Waals surface area (Å²) in [4.78, 5) is 13.4. The van der Waals surface area contributed by atoms with Crippen LogP contribution in [0.1, 0.15) is 30.2 Å². The van der Waals surface area contributed by atoms with E-state index in [1.54, 1.807) is 11.3 Å². The van der Waals surface area contributed by atoms with Crippen molar-refractivity contribution in [3.8, 4) is 11.4 Å². The first-order chi connectivity index (χ1) is 13.0. The third kappa shape index (κ3) is 5.20. The maximum atomic E-state index is 12.1. The standard InChI is InChI=1S/C20H24N4OS2/c1-14(2)17-11-16(12-26-17)19-22-23-20(24(19)3)27-13-18(25)21-10-9-15-7-5-4-6-8-15/h4-8,11-12,14H,9-10,13H2,1-3H3,(H,21,25). The number of thioether (sulfide) groups is 1. The van der Waals surface area contributed by atoms with E-state index in [1.807, 2.05) is 29.8 Å². The summed E-state index contributed by atoms with van der Waals surface area (Å²) in [5, 5.41) is 14.4. The third-order valence-electron chi connectivity index (χ3n) is 4.19. The highest BCUT2D eigenvalue weighted by Crippen LogP contribution is 2.30. The van der Waals surface area contributed by atoms with Crippen LogP contribution in [0.25, 0.3) is 11.4 Å². The minimum absolute atomic E-state index is 0.0121. The molecule has 7 heteroatoms. The number of benzene rings is 1. The number of nitrogens with zero attached hydrogens (tertiary/aromatic N) is 3.